The van der Waals surface area contributed by atoms with Crippen LogP contribution in [0.3, 0.4) is 0 Å². The van der Waals surface area contributed by atoms with E-state index in [1.54, 1.807) is 5.38 Å². The normalized spacial score (nSPS) is 10.8. The van der Waals surface area contributed by atoms with Crippen LogP contribution in [0.5, 0.6) is 0 Å². The van der Waals surface area contributed by atoms with Crippen molar-refractivity contribution in [1.82, 2.24) is 9.88 Å². The number of thiazole rings is 1. The molecule has 0 spiro atoms. The number of carbonyl (C=O) groups is 1. The van der Waals surface area contributed by atoms with Crippen molar-refractivity contribution in [2.45, 2.75) is 33.0 Å². The fraction of sp³-hybridized carbons (Fsp3) is 0.333. The number of nitrogens with zero attached hydrogens (tertiary/aromatic N) is 2. The highest BCUT2D eigenvalue weighted by atomic mass is 32.1. The van der Waals surface area contributed by atoms with Crippen LogP contribution in [-0.2, 0) is 13.1 Å². The molecule has 0 aliphatic rings. The molecule has 0 fully saturated rings. The number of hydrogen-bond acceptors (Lipinski definition) is 4. The lowest BCUT2D eigenvalue weighted by Gasteiger charge is -2.26. The predicted molar refractivity (Wildman–Crippen MR) is 81.5 cm³/mol. The van der Waals surface area contributed by atoms with Crippen molar-refractivity contribution >= 4 is 17.2 Å². The van der Waals surface area contributed by atoms with Gasteiger partial charge in [-0.2, -0.15) is 0 Å². The van der Waals surface area contributed by atoms with Crippen molar-refractivity contribution in [3.8, 4) is 0 Å². The first kappa shape index (κ1) is 14.7. The minimum Gasteiger partial charge on any atom is -0.331 e. The summed E-state index contributed by atoms with van der Waals surface area (Å²) < 4.78 is 0. The highest BCUT2D eigenvalue weighted by Gasteiger charge is 2.21. The number of aromatic nitrogens is 1. The van der Waals surface area contributed by atoms with E-state index in [-0.39, 0.29) is 11.9 Å². The fourth-order valence-corrected chi connectivity index (χ4v) is 2.57. The average Bonchev–Trinajstić information content (AvgIpc) is 2.94. The van der Waals surface area contributed by atoms with E-state index in [4.69, 9.17) is 5.73 Å². The zero-order chi connectivity index (χ0) is 14.5. The second-order valence-electron chi connectivity index (χ2n) is 4.84. The molecule has 1 heterocycles. The van der Waals surface area contributed by atoms with E-state index in [0.717, 1.165) is 10.6 Å². The number of nitrogens with two attached hydrogens (primary N) is 1. The van der Waals surface area contributed by atoms with E-state index in [9.17, 15) is 4.79 Å². The largest absolute Gasteiger partial charge is 0.331 e. The van der Waals surface area contributed by atoms with Crippen molar-refractivity contribution in [3.05, 3.63) is 52.0 Å². The molecule has 0 unspecified atom stereocenters. The minimum atomic E-state index is -0.0418. The predicted octanol–water partition coefficient (Wildman–Crippen LogP) is 2.65. The van der Waals surface area contributed by atoms with Crippen LogP contribution in [0.4, 0.5) is 0 Å². The van der Waals surface area contributed by atoms with Crippen LogP contribution in [0.1, 0.15) is 34.9 Å². The highest BCUT2D eigenvalue weighted by Crippen LogP contribution is 2.15. The van der Waals surface area contributed by atoms with E-state index in [0.29, 0.717) is 18.8 Å². The van der Waals surface area contributed by atoms with Gasteiger partial charge in [0, 0.05) is 24.5 Å². The molecule has 0 bridgehead atoms. The molecular weight excluding hydrogens is 270 g/mol. The summed E-state index contributed by atoms with van der Waals surface area (Å²) in [6.07, 6.45) is 0. The van der Waals surface area contributed by atoms with Gasteiger partial charge in [-0.15, -0.1) is 11.3 Å². The summed E-state index contributed by atoms with van der Waals surface area (Å²) in [6.45, 7) is 4.99. The van der Waals surface area contributed by atoms with Crippen molar-refractivity contribution < 1.29 is 4.79 Å². The second kappa shape index (κ2) is 6.63. The molecule has 2 N–H and O–H groups in total. The Kier molecular flexibility index (Phi) is 4.87. The molecule has 1 amide bonds. The Labute approximate surface area is 123 Å². The van der Waals surface area contributed by atoms with Gasteiger partial charge in [-0.1, -0.05) is 30.3 Å². The van der Waals surface area contributed by atoms with E-state index in [2.05, 4.69) is 4.98 Å². The van der Waals surface area contributed by atoms with Gasteiger partial charge < -0.3 is 10.6 Å². The Bertz CT molecular complexity index is 566. The average molecular weight is 289 g/mol. The monoisotopic (exact) mass is 289 g/mol. The van der Waals surface area contributed by atoms with Crippen LogP contribution in [-0.4, -0.2) is 21.8 Å². The molecule has 0 aliphatic heterocycles. The van der Waals surface area contributed by atoms with Crippen LogP contribution in [0.2, 0.25) is 0 Å². The van der Waals surface area contributed by atoms with E-state index in [1.165, 1.54) is 11.3 Å². The minimum absolute atomic E-state index is 0.0418. The third-order valence-corrected chi connectivity index (χ3v) is 3.90. The van der Waals surface area contributed by atoms with Crippen LogP contribution in [0.15, 0.2) is 35.7 Å². The van der Waals surface area contributed by atoms with Crippen molar-refractivity contribution in [2.24, 2.45) is 5.73 Å². The molecule has 0 atom stereocenters. The van der Waals surface area contributed by atoms with Crippen LogP contribution < -0.4 is 5.73 Å². The van der Waals surface area contributed by atoms with Gasteiger partial charge in [0.2, 0.25) is 0 Å². The molecule has 106 valence electrons. The lowest BCUT2D eigenvalue weighted by molar-refractivity contribution is 0.0685. The molecule has 0 radical (unpaired) electrons. The third-order valence-electron chi connectivity index (χ3n) is 3.03. The Morgan fingerprint density at radius 3 is 2.60 bits per heavy atom. The molecule has 4 nitrogen and oxygen atoms in total. The van der Waals surface area contributed by atoms with Crippen molar-refractivity contribution in [2.75, 3.05) is 0 Å². The fourth-order valence-electron chi connectivity index (χ4n) is 1.92. The summed E-state index contributed by atoms with van der Waals surface area (Å²) in [6, 6.07) is 10.1. The van der Waals surface area contributed by atoms with Gasteiger partial charge in [-0.05, 0) is 19.4 Å². The molecular formula is C15H19N3OS. The van der Waals surface area contributed by atoms with Crippen LogP contribution in [0.25, 0.3) is 0 Å². The van der Waals surface area contributed by atoms with Crippen LogP contribution >= 0.6 is 11.3 Å². The van der Waals surface area contributed by atoms with Gasteiger partial charge in [0.25, 0.3) is 5.91 Å². The maximum atomic E-state index is 12.5. The highest BCUT2D eigenvalue weighted by molar-refractivity contribution is 7.09. The first-order valence-corrected chi connectivity index (χ1v) is 7.49. The maximum Gasteiger partial charge on any atom is 0.273 e. The lowest BCUT2D eigenvalue weighted by atomic mass is 10.2. The molecule has 2 rings (SSSR count). The zero-order valence-corrected chi connectivity index (χ0v) is 12.6. The Hall–Kier alpha value is -1.72. The molecule has 0 saturated heterocycles. The molecule has 20 heavy (non-hydrogen) atoms. The molecule has 1 aromatic heterocycles. The number of benzene rings is 1. The standard InChI is InChI=1S/C15H19N3OS/c1-11(2)18(9-12-6-4-3-5-7-12)15(19)13-10-20-14(8-16)17-13/h3-7,10-11H,8-9,16H2,1-2H3. The number of carbonyl (C=O) groups excluding carboxylic acids is 1. The number of amides is 1. The van der Waals surface area contributed by atoms with Gasteiger partial charge >= 0.3 is 0 Å². The topological polar surface area (TPSA) is 59.2 Å². The number of hydrogen-bond donors (Lipinski definition) is 1. The summed E-state index contributed by atoms with van der Waals surface area (Å²) in [5.74, 6) is -0.0418. The zero-order valence-electron chi connectivity index (χ0n) is 11.7. The summed E-state index contributed by atoms with van der Waals surface area (Å²) in [7, 11) is 0. The van der Waals surface area contributed by atoms with Crippen molar-refractivity contribution in [1.29, 1.82) is 0 Å². The summed E-state index contributed by atoms with van der Waals surface area (Å²) in [5, 5.41) is 2.57. The first-order chi connectivity index (χ1) is 9.61. The van der Waals surface area contributed by atoms with Gasteiger partial charge in [0.15, 0.2) is 0 Å². The summed E-state index contributed by atoms with van der Waals surface area (Å²) in [4.78, 5) is 18.6. The van der Waals surface area contributed by atoms with Crippen molar-refractivity contribution in [3.63, 3.8) is 0 Å². The van der Waals surface area contributed by atoms with Gasteiger partial charge in [-0.3, -0.25) is 4.79 Å². The first-order valence-electron chi connectivity index (χ1n) is 6.61. The second-order valence-corrected chi connectivity index (χ2v) is 5.79. The number of rotatable bonds is 5. The van der Waals surface area contributed by atoms with Crippen LogP contribution in [0, 0.1) is 0 Å². The van der Waals surface area contributed by atoms with Gasteiger partial charge in [0.05, 0.1) is 0 Å². The summed E-state index contributed by atoms with van der Waals surface area (Å²) in [5.41, 5.74) is 7.15. The Morgan fingerprint density at radius 1 is 1.35 bits per heavy atom. The summed E-state index contributed by atoms with van der Waals surface area (Å²) >= 11 is 1.43. The van der Waals surface area contributed by atoms with E-state index < -0.39 is 0 Å². The quantitative estimate of drug-likeness (QED) is 0.920. The van der Waals surface area contributed by atoms with E-state index in [1.807, 2.05) is 49.1 Å². The SMILES string of the molecule is CC(C)N(Cc1ccccc1)C(=O)c1csc(CN)n1. The van der Waals surface area contributed by atoms with Gasteiger partial charge in [0.1, 0.15) is 10.7 Å². The maximum absolute atomic E-state index is 12.5. The molecule has 0 aliphatic carbocycles. The smallest absolute Gasteiger partial charge is 0.273 e. The third kappa shape index (κ3) is 3.43. The molecule has 2 aromatic rings. The molecule has 1 aromatic carbocycles. The Morgan fingerprint density at radius 2 is 2.05 bits per heavy atom. The lowest BCUT2D eigenvalue weighted by Crippen LogP contribution is -2.36. The van der Waals surface area contributed by atoms with E-state index >= 15 is 0 Å². The molecule has 0 saturated carbocycles. The molecule has 5 heteroatoms. The van der Waals surface area contributed by atoms with Gasteiger partial charge in [-0.25, -0.2) is 4.98 Å². The Balaban J connectivity index is 2.18.